The van der Waals surface area contributed by atoms with Crippen LogP contribution in [0.2, 0.25) is 0 Å². The molecular weight excluding hydrogens is 305 g/mol. The smallest absolute Gasteiger partial charge is 0.298 e. The molecule has 1 saturated heterocycles. The van der Waals surface area contributed by atoms with E-state index in [0.29, 0.717) is 23.9 Å². The molecule has 1 fully saturated rings. The maximum absolute atomic E-state index is 12.2. The van der Waals surface area contributed by atoms with Crippen molar-refractivity contribution in [2.24, 2.45) is 5.50 Å². The summed E-state index contributed by atoms with van der Waals surface area (Å²) in [5.74, 6) is 0. The number of fused-ring (bicyclic) bond motifs is 1. The third-order valence-electron chi connectivity index (χ3n) is 3.70. The van der Waals surface area contributed by atoms with Crippen LogP contribution in [0.1, 0.15) is 18.6 Å². The van der Waals surface area contributed by atoms with Crippen LogP contribution in [-0.4, -0.2) is 22.7 Å². The van der Waals surface area contributed by atoms with Crippen molar-refractivity contribution in [1.82, 2.24) is 4.67 Å². The van der Waals surface area contributed by atoms with E-state index in [0.717, 1.165) is 5.56 Å². The first-order valence-corrected chi connectivity index (χ1v) is 8.53. The Bertz CT molecular complexity index is 791. The molecule has 2 atom stereocenters. The van der Waals surface area contributed by atoms with E-state index in [2.05, 4.69) is 0 Å². The van der Waals surface area contributed by atoms with Crippen molar-refractivity contribution in [3.8, 4) is 0 Å². The fraction of sp³-hybridized carbons (Fsp3) is 0.286. The van der Waals surface area contributed by atoms with Gasteiger partial charge in [0.2, 0.25) is 0 Å². The van der Waals surface area contributed by atoms with E-state index in [9.17, 15) is 14.7 Å². The van der Waals surface area contributed by atoms with E-state index >= 15 is 0 Å². The largest absolute Gasteiger partial charge is 0.341 e. The molecule has 22 heavy (non-hydrogen) atoms. The number of non-ortho nitro benzene ring substituents is 1. The molecule has 0 bridgehead atoms. The minimum absolute atomic E-state index is 0.0356. The van der Waals surface area contributed by atoms with E-state index < -0.39 is 18.7 Å². The fourth-order valence-corrected chi connectivity index (χ4v) is 3.84. The van der Waals surface area contributed by atoms with Crippen LogP contribution in [-0.2, 0) is 9.09 Å². The maximum atomic E-state index is 12.2. The van der Waals surface area contributed by atoms with Gasteiger partial charge in [-0.15, -0.1) is 0 Å². The van der Waals surface area contributed by atoms with Crippen molar-refractivity contribution < 1.29 is 14.0 Å². The second-order valence-electron chi connectivity index (χ2n) is 5.24. The number of nitrogens with zero attached hydrogens (tertiary/aromatic N) is 2. The molecular formula is C14H16N3O4P. The average molecular weight is 321 g/mol. The molecule has 8 heteroatoms. The minimum atomic E-state index is -3.28. The highest BCUT2D eigenvalue weighted by molar-refractivity contribution is 7.54. The van der Waals surface area contributed by atoms with Crippen molar-refractivity contribution in [1.29, 1.82) is 0 Å². The van der Waals surface area contributed by atoms with E-state index in [1.54, 1.807) is 41.9 Å². The van der Waals surface area contributed by atoms with Gasteiger partial charge in [0.1, 0.15) is 0 Å². The lowest BCUT2D eigenvalue weighted by molar-refractivity contribution is -0.383. The second kappa shape index (κ2) is 5.44. The summed E-state index contributed by atoms with van der Waals surface area (Å²) in [5, 5.41) is 12.4. The molecule has 0 aliphatic carbocycles. The quantitative estimate of drug-likeness (QED) is 0.393. The Hall–Kier alpha value is -1.79. The first-order chi connectivity index (χ1) is 10.4. The Morgan fingerprint density at radius 2 is 1.91 bits per heavy atom. The Balaban J connectivity index is 2.02. The van der Waals surface area contributed by atoms with Gasteiger partial charge in [-0.05, 0) is 30.0 Å². The highest BCUT2D eigenvalue weighted by Gasteiger charge is 2.37. The third-order valence-corrected chi connectivity index (χ3v) is 5.50. The zero-order valence-electron chi connectivity index (χ0n) is 12.0. The summed E-state index contributed by atoms with van der Waals surface area (Å²) in [7, 11) is -3.28. The molecule has 0 radical (unpaired) electrons. The van der Waals surface area contributed by atoms with E-state index in [1.807, 2.05) is 0 Å². The number of hydrogen-bond acceptors (Lipinski definition) is 4. The summed E-state index contributed by atoms with van der Waals surface area (Å²) in [6.45, 7) is 3.08. The first kappa shape index (κ1) is 15.1. The summed E-state index contributed by atoms with van der Waals surface area (Å²) in [4.78, 5) is 10.7. The lowest BCUT2D eigenvalue weighted by Crippen LogP contribution is -2.11. The molecule has 0 spiro atoms. The monoisotopic (exact) mass is 321 g/mol. The van der Waals surface area contributed by atoms with Gasteiger partial charge in [-0.3, -0.25) is 19.2 Å². The van der Waals surface area contributed by atoms with Crippen LogP contribution >= 0.6 is 7.67 Å². The van der Waals surface area contributed by atoms with Gasteiger partial charge in [-0.1, -0.05) is 18.2 Å². The van der Waals surface area contributed by atoms with Crippen molar-refractivity contribution in [2.75, 3.05) is 13.1 Å². The number of nitrogens with two attached hydrogens (primary N) is 1. The van der Waals surface area contributed by atoms with Crippen LogP contribution < -0.4 is 5.50 Å². The van der Waals surface area contributed by atoms with Crippen molar-refractivity contribution in [3.63, 3.8) is 0 Å². The normalized spacial score (nSPS) is 18.8. The number of rotatable bonds is 5. The van der Waals surface area contributed by atoms with Gasteiger partial charge in [0.05, 0.1) is 16.4 Å². The van der Waals surface area contributed by atoms with Crippen LogP contribution in [0.3, 0.4) is 0 Å². The molecule has 0 amide bonds. The molecule has 2 N–H and O–H groups in total. The first-order valence-electron chi connectivity index (χ1n) is 6.88. The van der Waals surface area contributed by atoms with Crippen molar-refractivity contribution in [3.05, 3.63) is 52.1 Å². The molecule has 1 heterocycles. The average Bonchev–Trinajstić information content (AvgIpc) is 3.30. The molecule has 1 unspecified atom stereocenters. The van der Waals surface area contributed by atoms with Gasteiger partial charge in [0.15, 0.2) is 0 Å². The Morgan fingerprint density at radius 1 is 1.27 bits per heavy atom. The predicted octanol–water partition coefficient (Wildman–Crippen LogP) is 3.21. The molecule has 0 aromatic heterocycles. The molecule has 116 valence electrons. The zero-order chi connectivity index (χ0) is 15.9. The zero-order valence-corrected chi connectivity index (χ0v) is 12.9. The molecule has 2 aromatic rings. The SMILES string of the molecule is C[C@H](OP(N)(=O)N1CC1)c1ccc([N+](=O)[O-])c2ccccc12. The van der Waals surface area contributed by atoms with Gasteiger partial charge in [-0.2, -0.15) is 0 Å². The fourth-order valence-electron chi connectivity index (χ4n) is 2.49. The summed E-state index contributed by atoms with van der Waals surface area (Å²) < 4.78 is 19.4. The lowest BCUT2D eigenvalue weighted by Gasteiger charge is -2.20. The number of nitro benzene ring substituents is 1. The summed E-state index contributed by atoms with van der Waals surface area (Å²) in [5.41, 5.74) is 6.50. The van der Waals surface area contributed by atoms with Crippen molar-refractivity contribution >= 4 is 24.1 Å². The molecule has 1 aliphatic heterocycles. The Morgan fingerprint density at radius 3 is 2.50 bits per heavy atom. The van der Waals surface area contributed by atoms with Crippen LogP contribution in [0.15, 0.2) is 36.4 Å². The van der Waals surface area contributed by atoms with Gasteiger partial charge < -0.3 is 0 Å². The highest BCUT2D eigenvalue weighted by Crippen LogP contribution is 2.51. The lowest BCUT2D eigenvalue weighted by atomic mass is 10.00. The van der Waals surface area contributed by atoms with Gasteiger partial charge in [0.25, 0.3) is 5.69 Å². The maximum Gasteiger partial charge on any atom is 0.341 e. The van der Waals surface area contributed by atoms with Crippen LogP contribution in [0.25, 0.3) is 10.8 Å². The van der Waals surface area contributed by atoms with Crippen molar-refractivity contribution in [2.45, 2.75) is 13.0 Å². The summed E-state index contributed by atoms with van der Waals surface area (Å²) in [6, 6.07) is 10.1. The molecule has 0 saturated carbocycles. The standard InChI is InChI=1S/C14H16N3O4P/c1-10(21-22(15,20)16-8-9-16)11-6-7-14(17(18)19)13-5-3-2-4-12(11)13/h2-7,10H,8-9H2,1H3,(H2,15,20)/t10-,22?/m0/s1. The topological polar surface area (TPSA) is 98.5 Å². The van der Waals surface area contributed by atoms with Crippen LogP contribution in [0.5, 0.6) is 0 Å². The molecule has 3 rings (SSSR count). The third kappa shape index (κ3) is 2.76. The second-order valence-corrected chi connectivity index (χ2v) is 7.15. The van der Waals surface area contributed by atoms with E-state index in [-0.39, 0.29) is 5.69 Å². The predicted molar refractivity (Wildman–Crippen MR) is 83.5 cm³/mol. The Kier molecular flexibility index (Phi) is 3.74. The number of hydrogen-bond donors (Lipinski definition) is 1. The van der Waals surface area contributed by atoms with E-state index in [4.69, 9.17) is 10.0 Å². The molecule has 7 nitrogen and oxygen atoms in total. The van der Waals surface area contributed by atoms with E-state index in [1.165, 1.54) is 6.07 Å². The molecule has 1 aliphatic rings. The Labute approximate surface area is 127 Å². The number of benzene rings is 2. The van der Waals surface area contributed by atoms with Crippen LogP contribution in [0.4, 0.5) is 5.69 Å². The van der Waals surface area contributed by atoms with Crippen LogP contribution in [0, 0.1) is 10.1 Å². The van der Waals surface area contributed by atoms with Gasteiger partial charge in [0, 0.05) is 19.2 Å². The summed E-state index contributed by atoms with van der Waals surface area (Å²) >= 11 is 0. The van der Waals surface area contributed by atoms with Gasteiger partial charge in [-0.25, -0.2) is 10.2 Å². The molecule has 2 aromatic carbocycles. The number of nitro groups is 1. The van der Waals surface area contributed by atoms with Gasteiger partial charge >= 0.3 is 7.67 Å². The highest BCUT2D eigenvalue weighted by atomic mass is 31.2. The minimum Gasteiger partial charge on any atom is -0.298 e. The summed E-state index contributed by atoms with van der Waals surface area (Å²) in [6.07, 6.45) is -0.526.